The smallest absolute Gasteiger partial charge is 0.261 e. The Kier molecular flexibility index (Phi) is 7.33. The van der Waals surface area contributed by atoms with Crippen LogP contribution in [0.1, 0.15) is 31.9 Å². The summed E-state index contributed by atoms with van der Waals surface area (Å²) < 4.78 is 17.3. The van der Waals surface area contributed by atoms with Gasteiger partial charge in [-0.3, -0.25) is 4.79 Å². The number of carbonyl (C=O) groups is 1. The number of halogens is 1. The highest BCUT2D eigenvalue weighted by Gasteiger charge is 2.20. The van der Waals surface area contributed by atoms with Gasteiger partial charge in [0.1, 0.15) is 5.75 Å². The first-order valence-electron chi connectivity index (χ1n) is 8.43. The van der Waals surface area contributed by atoms with Crippen molar-refractivity contribution >= 4 is 21.8 Å². The van der Waals surface area contributed by atoms with Crippen molar-refractivity contribution in [3.8, 4) is 17.2 Å². The summed E-state index contributed by atoms with van der Waals surface area (Å²) in [5.41, 5.74) is 0.953. The molecule has 1 amide bonds. The van der Waals surface area contributed by atoms with Gasteiger partial charge in [-0.25, -0.2) is 0 Å². The van der Waals surface area contributed by atoms with E-state index < -0.39 is 6.10 Å². The van der Waals surface area contributed by atoms with Crippen molar-refractivity contribution in [2.75, 3.05) is 14.2 Å². The number of benzene rings is 2. The molecule has 26 heavy (non-hydrogen) atoms. The molecule has 0 aliphatic heterocycles. The quantitative estimate of drug-likeness (QED) is 0.681. The molecule has 0 spiro atoms. The van der Waals surface area contributed by atoms with E-state index in [1.807, 2.05) is 49.4 Å². The molecule has 1 N–H and O–H groups in total. The molecule has 140 valence electrons. The third-order valence-corrected chi connectivity index (χ3v) is 4.56. The van der Waals surface area contributed by atoms with Crippen LogP contribution < -0.4 is 19.5 Å². The monoisotopic (exact) mass is 421 g/mol. The highest BCUT2D eigenvalue weighted by atomic mass is 79.9. The molecule has 0 aromatic heterocycles. The highest BCUT2D eigenvalue weighted by Crippen LogP contribution is 2.31. The predicted octanol–water partition coefficient (Wildman–Crippen LogP) is 4.50. The van der Waals surface area contributed by atoms with Crippen LogP contribution in [-0.4, -0.2) is 26.2 Å². The Bertz CT molecular complexity index is 733. The molecule has 2 rings (SSSR count). The van der Waals surface area contributed by atoms with Gasteiger partial charge in [-0.2, -0.15) is 0 Å². The average Bonchev–Trinajstić information content (AvgIpc) is 2.67. The fourth-order valence-electron chi connectivity index (χ4n) is 2.55. The molecule has 0 aliphatic rings. The van der Waals surface area contributed by atoms with Gasteiger partial charge in [0.05, 0.1) is 20.3 Å². The first kappa shape index (κ1) is 20.1. The zero-order chi connectivity index (χ0) is 19.1. The Labute approximate surface area is 162 Å². The van der Waals surface area contributed by atoms with Gasteiger partial charge in [-0.15, -0.1) is 0 Å². The molecule has 0 heterocycles. The second kappa shape index (κ2) is 9.48. The SMILES string of the molecule is CC[C@H](NC(=O)[C@@H](C)Oc1ccc(Br)cc1)c1ccc(OC)c(OC)c1. The van der Waals surface area contributed by atoms with Gasteiger partial charge in [-0.05, 0) is 55.3 Å². The van der Waals surface area contributed by atoms with Gasteiger partial charge < -0.3 is 19.5 Å². The van der Waals surface area contributed by atoms with Crippen molar-refractivity contribution in [3.63, 3.8) is 0 Å². The summed E-state index contributed by atoms with van der Waals surface area (Å²) >= 11 is 3.38. The van der Waals surface area contributed by atoms with Crippen LogP contribution in [0.3, 0.4) is 0 Å². The van der Waals surface area contributed by atoms with Crippen molar-refractivity contribution in [3.05, 3.63) is 52.5 Å². The summed E-state index contributed by atoms with van der Waals surface area (Å²) in [6.07, 6.45) is 0.136. The van der Waals surface area contributed by atoms with Crippen molar-refractivity contribution < 1.29 is 19.0 Å². The molecule has 0 radical (unpaired) electrons. The Balaban J connectivity index is 2.06. The van der Waals surface area contributed by atoms with Crippen LogP contribution in [0.2, 0.25) is 0 Å². The summed E-state index contributed by atoms with van der Waals surface area (Å²) in [6.45, 7) is 3.75. The average molecular weight is 422 g/mol. The second-order valence-corrected chi connectivity index (χ2v) is 6.71. The highest BCUT2D eigenvalue weighted by molar-refractivity contribution is 9.10. The van der Waals surface area contributed by atoms with Crippen LogP contribution in [0.4, 0.5) is 0 Å². The van der Waals surface area contributed by atoms with Gasteiger partial charge in [0.25, 0.3) is 5.91 Å². The molecule has 2 aromatic rings. The van der Waals surface area contributed by atoms with Gasteiger partial charge in [0, 0.05) is 4.47 Å². The van der Waals surface area contributed by atoms with Crippen molar-refractivity contribution in [2.45, 2.75) is 32.4 Å². The van der Waals surface area contributed by atoms with Crippen LogP contribution in [0, 0.1) is 0 Å². The molecule has 0 unspecified atom stereocenters. The first-order valence-corrected chi connectivity index (χ1v) is 9.22. The van der Waals surface area contributed by atoms with Crippen molar-refractivity contribution in [2.24, 2.45) is 0 Å². The molecule has 0 saturated carbocycles. The van der Waals surface area contributed by atoms with Crippen LogP contribution in [0.25, 0.3) is 0 Å². The summed E-state index contributed by atoms with van der Waals surface area (Å²) in [5, 5.41) is 3.03. The molecule has 5 nitrogen and oxygen atoms in total. The maximum atomic E-state index is 12.5. The van der Waals surface area contributed by atoms with Crippen LogP contribution >= 0.6 is 15.9 Å². The Morgan fingerprint density at radius 3 is 2.31 bits per heavy atom. The lowest BCUT2D eigenvalue weighted by molar-refractivity contribution is -0.128. The van der Waals surface area contributed by atoms with Crippen LogP contribution in [0.15, 0.2) is 46.9 Å². The Hall–Kier alpha value is -2.21. The molecular weight excluding hydrogens is 398 g/mol. The zero-order valence-corrected chi connectivity index (χ0v) is 17.0. The van der Waals surface area contributed by atoms with E-state index in [9.17, 15) is 4.79 Å². The van der Waals surface area contributed by atoms with E-state index in [1.165, 1.54) is 0 Å². The van der Waals surface area contributed by atoms with E-state index in [-0.39, 0.29) is 11.9 Å². The van der Waals surface area contributed by atoms with E-state index >= 15 is 0 Å². The summed E-state index contributed by atoms with van der Waals surface area (Å²) in [5.74, 6) is 1.77. The van der Waals surface area contributed by atoms with E-state index in [0.29, 0.717) is 17.2 Å². The van der Waals surface area contributed by atoms with Gasteiger partial charge in [0.15, 0.2) is 17.6 Å². The Morgan fingerprint density at radius 2 is 1.73 bits per heavy atom. The fraction of sp³-hybridized carbons (Fsp3) is 0.350. The third kappa shape index (κ3) is 5.14. The lowest BCUT2D eigenvalue weighted by atomic mass is 10.0. The minimum atomic E-state index is -0.606. The minimum absolute atomic E-state index is 0.140. The first-order chi connectivity index (χ1) is 12.5. The lowest BCUT2D eigenvalue weighted by Crippen LogP contribution is -2.38. The van der Waals surface area contributed by atoms with E-state index in [0.717, 1.165) is 16.5 Å². The van der Waals surface area contributed by atoms with Gasteiger partial charge in [-0.1, -0.05) is 28.9 Å². The molecule has 0 fully saturated rings. The maximum Gasteiger partial charge on any atom is 0.261 e. The number of methoxy groups -OCH3 is 2. The summed E-state index contributed by atoms with van der Waals surface area (Å²) in [4.78, 5) is 12.5. The van der Waals surface area contributed by atoms with Crippen molar-refractivity contribution in [1.29, 1.82) is 0 Å². The third-order valence-electron chi connectivity index (χ3n) is 4.03. The Morgan fingerprint density at radius 1 is 1.08 bits per heavy atom. The van der Waals surface area contributed by atoms with E-state index in [1.54, 1.807) is 21.1 Å². The van der Waals surface area contributed by atoms with Gasteiger partial charge in [0.2, 0.25) is 0 Å². The summed E-state index contributed by atoms with van der Waals surface area (Å²) in [6, 6.07) is 12.9. The number of ether oxygens (including phenoxy) is 3. The second-order valence-electron chi connectivity index (χ2n) is 5.80. The maximum absolute atomic E-state index is 12.5. The number of nitrogens with one attached hydrogen (secondary N) is 1. The topological polar surface area (TPSA) is 56.8 Å². The number of hydrogen-bond donors (Lipinski definition) is 1. The van der Waals surface area contributed by atoms with E-state index in [2.05, 4.69) is 21.2 Å². The predicted molar refractivity (Wildman–Crippen MR) is 105 cm³/mol. The number of amides is 1. The molecule has 0 saturated heterocycles. The summed E-state index contributed by atoms with van der Waals surface area (Å²) in [7, 11) is 3.19. The lowest BCUT2D eigenvalue weighted by Gasteiger charge is -2.22. The van der Waals surface area contributed by atoms with Gasteiger partial charge >= 0.3 is 0 Å². The molecule has 6 heteroatoms. The number of carbonyl (C=O) groups excluding carboxylic acids is 1. The van der Waals surface area contributed by atoms with Crippen molar-refractivity contribution in [1.82, 2.24) is 5.32 Å². The number of rotatable bonds is 8. The number of hydrogen-bond acceptors (Lipinski definition) is 4. The zero-order valence-electron chi connectivity index (χ0n) is 15.4. The fourth-order valence-corrected chi connectivity index (χ4v) is 2.81. The van der Waals surface area contributed by atoms with Crippen LogP contribution in [-0.2, 0) is 4.79 Å². The normalized spacial score (nSPS) is 12.8. The minimum Gasteiger partial charge on any atom is -0.493 e. The van der Waals surface area contributed by atoms with Crippen LogP contribution in [0.5, 0.6) is 17.2 Å². The molecular formula is C20H24BrNO4. The standard InChI is InChI=1S/C20H24BrNO4/c1-5-17(14-6-11-18(24-3)19(12-14)25-4)22-20(23)13(2)26-16-9-7-15(21)8-10-16/h6-13,17H,5H2,1-4H3,(H,22,23)/t13-,17+/m1/s1. The van der Waals surface area contributed by atoms with E-state index in [4.69, 9.17) is 14.2 Å². The molecule has 0 aliphatic carbocycles. The molecule has 2 atom stereocenters. The molecule has 2 aromatic carbocycles. The largest absolute Gasteiger partial charge is 0.493 e. The molecule has 0 bridgehead atoms.